The number of fused-ring (bicyclic) bond motifs is 1. The van der Waals surface area contributed by atoms with Gasteiger partial charge in [0.25, 0.3) is 0 Å². The Morgan fingerprint density at radius 3 is 3.00 bits per heavy atom. The van der Waals surface area contributed by atoms with E-state index in [1.807, 2.05) is 12.1 Å². The van der Waals surface area contributed by atoms with Gasteiger partial charge in [0, 0.05) is 6.20 Å². The zero-order chi connectivity index (χ0) is 8.10. The molecule has 11 heavy (non-hydrogen) atoms. The van der Waals surface area contributed by atoms with Gasteiger partial charge in [-0.05, 0) is 19.2 Å². The molecule has 0 aromatic carbocycles. The predicted octanol–water partition coefficient (Wildman–Crippen LogP) is -0.301. The highest BCUT2D eigenvalue weighted by atomic mass is 15.3. The molecular weight excluding hydrogens is 142 g/mol. The zero-order valence-corrected chi connectivity index (χ0v) is 6.18. The van der Waals surface area contributed by atoms with Crippen LogP contribution in [0.5, 0.6) is 0 Å². The molecule has 0 saturated heterocycles. The van der Waals surface area contributed by atoms with E-state index in [1.165, 1.54) is 7.05 Å². The van der Waals surface area contributed by atoms with E-state index in [0.717, 1.165) is 5.65 Å². The van der Waals surface area contributed by atoms with Crippen LogP contribution < -0.4 is 5.73 Å². The van der Waals surface area contributed by atoms with Gasteiger partial charge in [0.2, 0.25) is 0 Å². The van der Waals surface area contributed by atoms with E-state index in [2.05, 4.69) is 21.0 Å². The van der Waals surface area contributed by atoms with Crippen molar-refractivity contribution >= 4 is 5.65 Å². The first-order valence-electron chi connectivity index (χ1n) is 3.15. The summed E-state index contributed by atoms with van der Waals surface area (Å²) in [4.78, 5) is 0. The van der Waals surface area contributed by atoms with Gasteiger partial charge in [-0.15, -0.1) is 10.2 Å². The first kappa shape index (κ1) is 7.62. The molecule has 2 rings (SSSR count). The topological polar surface area (TPSA) is 69.1 Å². The lowest BCUT2D eigenvalue weighted by Gasteiger charge is -1.83. The van der Waals surface area contributed by atoms with E-state index in [0.29, 0.717) is 0 Å². The second-order valence-electron chi connectivity index (χ2n) is 1.66. The van der Waals surface area contributed by atoms with Gasteiger partial charge in [-0.2, -0.15) is 5.10 Å². The molecule has 2 aromatic heterocycles. The molecule has 2 heterocycles. The van der Waals surface area contributed by atoms with Gasteiger partial charge in [0.1, 0.15) is 6.33 Å². The number of hydrogen-bond donors (Lipinski definition) is 1. The Morgan fingerprint density at radius 2 is 2.27 bits per heavy atom. The number of hydrogen-bond acceptors (Lipinski definition) is 4. The lowest BCUT2D eigenvalue weighted by molar-refractivity contribution is 0.926. The van der Waals surface area contributed by atoms with Crippen molar-refractivity contribution in [1.29, 1.82) is 0 Å². The van der Waals surface area contributed by atoms with E-state index >= 15 is 0 Å². The van der Waals surface area contributed by atoms with Gasteiger partial charge in [-0.1, -0.05) is 0 Å². The largest absolute Gasteiger partial charge is 0.333 e. The van der Waals surface area contributed by atoms with Crippen LogP contribution in [0.15, 0.2) is 24.7 Å². The fourth-order valence-electron chi connectivity index (χ4n) is 0.677. The van der Waals surface area contributed by atoms with Crippen molar-refractivity contribution in [2.24, 2.45) is 5.73 Å². The third kappa shape index (κ3) is 1.50. The molecule has 0 aliphatic rings. The number of aromatic nitrogens is 4. The van der Waals surface area contributed by atoms with E-state index in [4.69, 9.17) is 0 Å². The van der Waals surface area contributed by atoms with Crippen LogP contribution >= 0.6 is 0 Å². The van der Waals surface area contributed by atoms with Crippen molar-refractivity contribution < 1.29 is 0 Å². The maximum Gasteiger partial charge on any atom is 0.177 e. The summed E-state index contributed by atoms with van der Waals surface area (Å²) in [6, 6.07) is 3.67. The van der Waals surface area contributed by atoms with E-state index in [9.17, 15) is 0 Å². The quantitative estimate of drug-likeness (QED) is 0.561. The summed E-state index contributed by atoms with van der Waals surface area (Å²) in [7, 11) is 1.50. The Balaban J connectivity index is 0.000000281. The van der Waals surface area contributed by atoms with Crippen LogP contribution in [0.1, 0.15) is 0 Å². The second kappa shape index (κ2) is 3.62. The summed E-state index contributed by atoms with van der Waals surface area (Å²) in [6.45, 7) is 0. The molecule has 0 atom stereocenters. The summed E-state index contributed by atoms with van der Waals surface area (Å²) >= 11 is 0. The molecular formula is C6H9N5. The Bertz CT molecular complexity index is 285. The van der Waals surface area contributed by atoms with Crippen LogP contribution in [0.2, 0.25) is 0 Å². The summed E-state index contributed by atoms with van der Waals surface area (Å²) in [5.41, 5.74) is 5.28. The fraction of sp³-hybridized carbons (Fsp3) is 0.167. The van der Waals surface area contributed by atoms with Crippen LogP contribution in [0.3, 0.4) is 0 Å². The van der Waals surface area contributed by atoms with Crippen molar-refractivity contribution in [2.45, 2.75) is 0 Å². The molecule has 0 bridgehead atoms. The Kier molecular flexibility index (Phi) is 2.51. The predicted molar refractivity (Wildman–Crippen MR) is 40.9 cm³/mol. The minimum atomic E-state index is 0.775. The van der Waals surface area contributed by atoms with Crippen LogP contribution in [-0.4, -0.2) is 26.9 Å². The first-order chi connectivity index (χ1) is 5.47. The van der Waals surface area contributed by atoms with Gasteiger partial charge < -0.3 is 5.73 Å². The minimum Gasteiger partial charge on any atom is -0.333 e. The van der Waals surface area contributed by atoms with Gasteiger partial charge in [-0.3, -0.25) is 0 Å². The van der Waals surface area contributed by atoms with Crippen LogP contribution in [0.25, 0.3) is 5.65 Å². The molecule has 0 radical (unpaired) electrons. The van der Waals surface area contributed by atoms with Crippen molar-refractivity contribution in [3.8, 4) is 0 Å². The van der Waals surface area contributed by atoms with E-state index in [-0.39, 0.29) is 0 Å². The Labute approximate surface area is 63.9 Å². The van der Waals surface area contributed by atoms with Crippen LogP contribution in [0.4, 0.5) is 0 Å². The molecule has 0 aliphatic heterocycles. The lowest BCUT2D eigenvalue weighted by Crippen LogP contribution is -1.85. The Morgan fingerprint density at radius 1 is 1.45 bits per heavy atom. The average Bonchev–Trinajstić information content (AvgIpc) is 2.55. The molecule has 0 amide bonds. The fourth-order valence-corrected chi connectivity index (χ4v) is 0.677. The smallest absolute Gasteiger partial charge is 0.177 e. The monoisotopic (exact) mass is 151 g/mol. The SMILES string of the molecule is CN.c1cnn2cnnc2c1. The molecule has 0 aliphatic carbocycles. The van der Waals surface area contributed by atoms with Gasteiger partial charge in [0.05, 0.1) is 0 Å². The van der Waals surface area contributed by atoms with Crippen molar-refractivity contribution in [1.82, 2.24) is 19.8 Å². The highest BCUT2D eigenvalue weighted by molar-refractivity contribution is 5.32. The normalized spacial score (nSPS) is 8.91. The van der Waals surface area contributed by atoms with Crippen molar-refractivity contribution in [3.05, 3.63) is 24.7 Å². The maximum atomic E-state index is 4.50. The number of rotatable bonds is 0. The summed E-state index contributed by atoms with van der Waals surface area (Å²) in [5.74, 6) is 0. The molecule has 0 unspecified atom stereocenters. The standard InChI is InChI=1S/C5H4N4.CH5N/c1-2-5-8-6-4-9(5)7-3-1;1-2/h1-4H;2H2,1H3. The molecule has 0 spiro atoms. The first-order valence-corrected chi connectivity index (χ1v) is 3.15. The van der Waals surface area contributed by atoms with E-state index in [1.54, 1.807) is 17.0 Å². The molecule has 5 heteroatoms. The Hall–Kier alpha value is -1.49. The highest BCUT2D eigenvalue weighted by Crippen LogP contribution is 1.90. The molecule has 5 nitrogen and oxygen atoms in total. The summed E-state index contributed by atoms with van der Waals surface area (Å²) in [5, 5.41) is 11.4. The second-order valence-corrected chi connectivity index (χ2v) is 1.66. The van der Waals surface area contributed by atoms with Gasteiger partial charge >= 0.3 is 0 Å². The molecule has 2 N–H and O–H groups in total. The molecule has 0 saturated carbocycles. The third-order valence-corrected chi connectivity index (χ3v) is 1.08. The van der Waals surface area contributed by atoms with Gasteiger partial charge in [-0.25, -0.2) is 4.52 Å². The molecule has 58 valence electrons. The van der Waals surface area contributed by atoms with Crippen molar-refractivity contribution in [3.63, 3.8) is 0 Å². The number of nitrogens with two attached hydrogens (primary N) is 1. The van der Waals surface area contributed by atoms with Crippen LogP contribution in [0, 0.1) is 0 Å². The van der Waals surface area contributed by atoms with Crippen molar-refractivity contribution in [2.75, 3.05) is 7.05 Å². The molecule has 2 aromatic rings. The van der Waals surface area contributed by atoms with Crippen LogP contribution in [-0.2, 0) is 0 Å². The summed E-state index contributed by atoms with van der Waals surface area (Å²) < 4.78 is 1.61. The zero-order valence-electron chi connectivity index (χ0n) is 6.18. The minimum absolute atomic E-state index is 0.775. The molecule has 0 fully saturated rings. The average molecular weight is 151 g/mol. The van der Waals surface area contributed by atoms with Gasteiger partial charge in [0.15, 0.2) is 5.65 Å². The highest BCUT2D eigenvalue weighted by Gasteiger charge is 1.88. The summed E-state index contributed by atoms with van der Waals surface area (Å²) in [6.07, 6.45) is 3.26. The maximum absolute atomic E-state index is 4.50. The van der Waals surface area contributed by atoms with E-state index < -0.39 is 0 Å². The number of nitrogens with zero attached hydrogens (tertiary/aromatic N) is 4. The lowest BCUT2D eigenvalue weighted by atomic mass is 10.6. The third-order valence-electron chi connectivity index (χ3n) is 1.08.